The van der Waals surface area contributed by atoms with Gasteiger partial charge in [0.15, 0.2) is 5.82 Å². The van der Waals surface area contributed by atoms with Crippen molar-refractivity contribution in [3.63, 3.8) is 0 Å². The second kappa shape index (κ2) is 9.21. The van der Waals surface area contributed by atoms with Crippen LogP contribution in [0, 0.1) is 20.2 Å². The van der Waals surface area contributed by atoms with Gasteiger partial charge in [0.05, 0.1) is 9.85 Å². The van der Waals surface area contributed by atoms with Crippen LogP contribution in [0.25, 0.3) is 0 Å². The summed E-state index contributed by atoms with van der Waals surface area (Å²) in [6, 6.07) is 5.48. The average molecular weight is 430 g/mol. The predicted octanol–water partition coefficient (Wildman–Crippen LogP) is 0.291. The Hall–Kier alpha value is -4.69. The summed E-state index contributed by atoms with van der Waals surface area (Å²) in [7, 11) is 0. The molecular weight excluding hydrogens is 416 g/mol. The van der Waals surface area contributed by atoms with Gasteiger partial charge < -0.3 is 15.2 Å². The van der Waals surface area contributed by atoms with Gasteiger partial charge in [0.2, 0.25) is 0 Å². The molecule has 2 heterocycles. The fourth-order valence-electron chi connectivity index (χ4n) is 2.44. The monoisotopic (exact) mass is 430 g/mol. The molecule has 3 aromatic rings. The number of nitro benzene ring substituents is 1. The minimum atomic E-state index is -0.704. The zero-order valence-corrected chi connectivity index (χ0v) is 15.6. The van der Waals surface area contributed by atoms with E-state index in [4.69, 9.17) is 4.52 Å². The lowest BCUT2D eigenvalue weighted by molar-refractivity contribution is -0.385. The quantitative estimate of drug-likeness (QED) is 0.270. The molecule has 15 nitrogen and oxygen atoms in total. The molecule has 0 aliphatic carbocycles. The maximum absolute atomic E-state index is 12.1. The molecule has 0 atom stereocenters. The topological polar surface area (TPSA) is 201 Å². The Morgan fingerprint density at radius 1 is 1.06 bits per heavy atom. The normalized spacial score (nSPS) is 10.5. The molecule has 0 radical (unpaired) electrons. The lowest BCUT2D eigenvalue weighted by atomic mass is 10.1. The van der Waals surface area contributed by atoms with Gasteiger partial charge in [-0.05, 0) is 6.07 Å². The summed E-state index contributed by atoms with van der Waals surface area (Å²) in [6.07, 6.45) is 2.24. The summed E-state index contributed by atoms with van der Waals surface area (Å²) in [6.45, 7) is -0.0562. The van der Waals surface area contributed by atoms with Crippen molar-refractivity contribution in [1.82, 2.24) is 30.6 Å². The van der Waals surface area contributed by atoms with E-state index in [-0.39, 0.29) is 48.3 Å². The van der Waals surface area contributed by atoms with Gasteiger partial charge in [0.1, 0.15) is 24.5 Å². The van der Waals surface area contributed by atoms with E-state index >= 15 is 0 Å². The number of hydrogen-bond donors (Lipinski definition) is 2. The van der Waals surface area contributed by atoms with Crippen LogP contribution in [0.1, 0.15) is 26.9 Å². The van der Waals surface area contributed by atoms with Crippen molar-refractivity contribution in [2.24, 2.45) is 0 Å². The number of hydrogen-bond acceptors (Lipinski definition) is 10. The van der Waals surface area contributed by atoms with Gasteiger partial charge in [-0.1, -0.05) is 17.3 Å². The molecule has 0 saturated heterocycles. The molecule has 0 saturated carbocycles. The van der Waals surface area contributed by atoms with Crippen LogP contribution in [0.5, 0.6) is 0 Å². The van der Waals surface area contributed by atoms with Gasteiger partial charge in [-0.2, -0.15) is 10.1 Å². The van der Waals surface area contributed by atoms with Crippen molar-refractivity contribution in [3.05, 3.63) is 74.2 Å². The fourth-order valence-corrected chi connectivity index (χ4v) is 2.44. The van der Waals surface area contributed by atoms with E-state index in [0.717, 1.165) is 6.20 Å². The average Bonchev–Trinajstić information content (AvgIpc) is 3.41. The van der Waals surface area contributed by atoms with E-state index in [1.807, 2.05) is 0 Å². The van der Waals surface area contributed by atoms with Crippen molar-refractivity contribution in [2.75, 3.05) is 13.1 Å². The summed E-state index contributed by atoms with van der Waals surface area (Å²) in [5.41, 5.74) is -0.631. The Kier molecular flexibility index (Phi) is 6.24. The number of rotatable bonds is 9. The van der Waals surface area contributed by atoms with E-state index in [2.05, 4.69) is 25.9 Å². The lowest BCUT2D eigenvalue weighted by Crippen LogP contribution is -2.35. The summed E-state index contributed by atoms with van der Waals surface area (Å²) in [5, 5.41) is 33.9. The Bertz CT molecular complexity index is 1140. The molecule has 0 unspecified atom stereocenters. The first-order chi connectivity index (χ1) is 14.8. The number of carbonyl (C=O) groups is 2. The van der Waals surface area contributed by atoms with Crippen molar-refractivity contribution in [1.29, 1.82) is 0 Å². The Morgan fingerprint density at radius 2 is 1.77 bits per heavy atom. The van der Waals surface area contributed by atoms with Crippen LogP contribution in [0.3, 0.4) is 0 Å². The van der Waals surface area contributed by atoms with Gasteiger partial charge in [-0.15, -0.1) is 0 Å². The molecule has 15 heteroatoms. The van der Waals surface area contributed by atoms with Crippen LogP contribution in [0.15, 0.2) is 41.2 Å². The van der Waals surface area contributed by atoms with Gasteiger partial charge in [0.25, 0.3) is 11.6 Å². The maximum Gasteiger partial charge on any atom is 0.316 e. The van der Waals surface area contributed by atoms with Gasteiger partial charge in [-0.25, -0.2) is 0 Å². The van der Waals surface area contributed by atoms with E-state index in [0.29, 0.717) is 0 Å². The van der Waals surface area contributed by atoms with E-state index in [1.165, 1.54) is 35.1 Å². The molecule has 3 rings (SSSR count). The van der Waals surface area contributed by atoms with Crippen molar-refractivity contribution in [2.45, 2.75) is 6.54 Å². The number of nitrogens with zero attached hydrogens (tertiary/aromatic N) is 6. The molecule has 1 aromatic carbocycles. The zero-order chi connectivity index (χ0) is 22.4. The molecule has 160 valence electrons. The highest BCUT2D eigenvalue weighted by Gasteiger charge is 2.19. The largest absolute Gasteiger partial charge is 0.350 e. The number of amides is 2. The molecule has 0 fully saturated rings. The van der Waals surface area contributed by atoms with Crippen LogP contribution < -0.4 is 10.6 Å². The van der Waals surface area contributed by atoms with Crippen LogP contribution in [-0.2, 0) is 6.54 Å². The first-order valence-corrected chi connectivity index (χ1v) is 8.64. The summed E-state index contributed by atoms with van der Waals surface area (Å²) in [4.78, 5) is 48.3. The van der Waals surface area contributed by atoms with Gasteiger partial charge >= 0.3 is 17.5 Å². The van der Waals surface area contributed by atoms with E-state index in [9.17, 15) is 29.8 Å². The highest BCUT2D eigenvalue weighted by Crippen LogP contribution is 2.17. The Balaban J connectivity index is 1.47. The molecule has 0 aliphatic rings. The van der Waals surface area contributed by atoms with E-state index in [1.54, 1.807) is 0 Å². The molecule has 31 heavy (non-hydrogen) atoms. The second-order valence-electron chi connectivity index (χ2n) is 5.96. The van der Waals surface area contributed by atoms with Crippen LogP contribution >= 0.6 is 0 Å². The second-order valence-corrected chi connectivity index (χ2v) is 5.96. The third kappa shape index (κ3) is 5.22. The number of benzene rings is 1. The zero-order valence-electron chi connectivity index (χ0n) is 15.6. The molecule has 0 aliphatic heterocycles. The lowest BCUT2D eigenvalue weighted by Gasteiger charge is -2.06. The van der Waals surface area contributed by atoms with Gasteiger partial charge in [-0.3, -0.25) is 34.5 Å². The third-order valence-electron chi connectivity index (χ3n) is 3.84. The van der Waals surface area contributed by atoms with Crippen LogP contribution in [0.4, 0.5) is 11.4 Å². The van der Waals surface area contributed by atoms with Crippen LogP contribution in [-0.4, -0.2) is 54.7 Å². The van der Waals surface area contributed by atoms with E-state index < -0.39 is 21.7 Å². The molecular formula is C16H14N8O7. The number of carbonyl (C=O) groups excluding carboxylic acids is 2. The minimum Gasteiger partial charge on any atom is -0.350 e. The number of para-hydroxylation sites is 1. The smallest absolute Gasteiger partial charge is 0.316 e. The third-order valence-corrected chi connectivity index (χ3v) is 3.84. The molecule has 0 spiro atoms. The highest BCUT2D eigenvalue weighted by atomic mass is 16.6. The van der Waals surface area contributed by atoms with Crippen LogP contribution in [0.2, 0.25) is 0 Å². The molecule has 2 aromatic heterocycles. The summed E-state index contributed by atoms with van der Waals surface area (Å²) >= 11 is 0. The van der Waals surface area contributed by atoms with Gasteiger partial charge in [0, 0.05) is 19.2 Å². The molecule has 0 bridgehead atoms. The summed E-state index contributed by atoms with van der Waals surface area (Å²) < 4.78 is 6.04. The first-order valence-electron chi connectivity index (χ1n) is 8.64. The standard InChI is InChI=1S/C16H14N8O7/c25-14(11-3-1-2-4-12(11)24(29)30)17-5-6-18-15(26)16-20-13(21-31-16)9-22-8-10(7-19-22)23(27)28/h1-4,7-8H,5-6,9H2,(H,17,25)(H,18,26). The maximum atomic E-state index is 12.1. The molecule has 2 N–H and O–H groups in total. The summed E-state index contributed by atoms with van der Waals surface area (Å²) in [5.74, 6) is -1.63. The fraction of sp³-hybridized carbons (Fsp3) is 0.188. The minimum absolute atomic E-state index is 0.00539. The van der Waals surface area contributed by atoms with Crippen molar-refractivity contribution < 1.29 is 24.0 Å². The predicted molar refractivity (Wildman–Crippen MR) is 100 cm³/mol. The number of aromatic nitrogens is 4. The van der Waals surface area contributed by atoms with Crippen molar-refractivity contribution in [3.8, 4) is 0 Å². The Morgan fingerprint density at radius 3 is 2.45 bits per heavy atom. The Labute approximate surface area is 172 Å². The number of nitrogens with one attached hydrogen (secondary N) is 2. The first kappa shape index (κ1) is 21.0. The number of nitro groups is 2. The highest BCUT2D eigenvalue weighted by molar-refractivity contribution is 5.98. The van der Waals surface area contributed by atoms with Crippen molar-refractivity contribution >= 4 is 23.2 Å². The molecule has 2 amide bonds. The SMILES string of the molecule is O=C(NCCNC(=O)c1ccccc1[N+](=O)[O-])c1nc(Cn2cc([N+](=O)[O-])cn2)no1.